The molecular formula is C61H118O5. The van der Waals surface area contributed by atoms with E-state index < -0.39 is 6.10 Å². The van der Waals surface area contributed by atoms with Gasteiger partial charge in [-0.25, -0.2) is 0 Å². The van der Waals surface area contributed by atoms with Gasteiger partial charge in [0.2, 0.25) is 0 Å². The number of carbonyl (C=O) groups excluding carboxylic acids is 2. The summed E-state index contributed by atoms with van der Waals surface area (Å²) < 4.78 is 17.5. The van der Waals surface area contributed by atoms with Gasteiger partial charge >= 0.3 is 11.9 Å². The highest BCUT2D eigenvalue weighted by molar-refractivity contribution is 5.70. The number of hydrogen-bond donors (Lipinski definition) is 0. The smallest absolute Gasteiger partial charge is 0.306 e. The van der Waals surface area contributed by atoms with Gasteiger partial charge in [-0.05, 0) is 44.9 Å². The minimum atomic E-state index is -0.528. The molecule has 0 aliphatic heterocycles. The van der Waals surface area contributed by atoms with Crippen LogP contribution in [0.2, 0.25) is 0 Å². The van der Waals surface area contributed by atoms with Crippen LogP contribution in [0.3, 0.4) is 0 Å². The number of unbranched alkanes of at least 4 members (excludes halogenated alkanes) is 44. The molecule has 392 valence electrons. The maximum Gasteiger partial charge on any atom is 0.306 e. The first-order chi connectivity index (χ1) is 32.6. The number of esters is 2. The van der Waals surface area contributed by atoms with Gasteiger partial charge in [0.25, 0.3) is 0 Å². The van der Waals surface area contributed by atoms with Gasteiger partial charge in [0.15, 0.2) is 6.10 Å². The second-order valence-corrected chi connectivity index (χ2v) is 20.6. The van der Waals surface area contributed by atoms with E-state index in [1.165, 1.54) is 276 Å². The summed E-state index contributed by atoms with van der Waals surface area (Å²) in [6, 6.07) is 0. The molecule has 0 bridgehead atoms. The molecule has 0 heterocycles. The zero-order valence-corrected chi connectivity index (χ0v) is 45.2. The lowest BCUT2D eigenvalue weighted by atomic mass is 10.0. The Hall–Kier alpha value is -1.36. The highest BCUT2D eigenvalue weighted by atomic mass is 16.6. The normalized spacial score (nSPS) is 12.1. The molecule has 0 fully saturated rings. The SMILES string of the molecule is CCCCCCCC/C=C\CCCCCCCCCCCC(=O)OC[C@@H](COCCCCCCCCCCCCCCCCCC)OC(=O)CCCCCCCCCCCCCCCCC. The van der Waals surface area contributed by atoms with E-state index in [0.29, 0.717) is 26.1 Å². The minimum Gasteiger partial charge on any atom is -0.462 e. The standard InChI is InChI=1S/C61H118O5/c1-4-7-10-13-16-19-22-25-28-30-31-32-34-36-39-42-45-48-51-54-60(62)65-58-59(57-64-56-53-50-47-44-41-38-35-29-26-23-20-17-14-11-8-5-2)66-61(63)55-52-49-46-43-40-37-33-27-24-21-18-15-12-9-6-3/h25,28,59H,4-24,26-27,29-58H2,1-3H3/b28-25-/t59-/m1/s1. The molecule has 0 saturated carbocycles. The van der Waals surface area contributed by atoms with Crippen LogP contribution in [0, 0.1) is 0 Å². The van der Waals surface area contributed by atoms with Crippen molar-refractivity contribution in [2.45, 2.75) is 348 Å². The number of rotatable bonds is 57. The summed E-state index contributed by atoms with van der Waals surface area (Å²) in [6.45, 7) is 7.91. The van der Waals surface area contributed by atoms with Gasteiger partial charge in [-0.1, -0.05) is 296 Å². The zero-order valence-electron chi connectivity index (χ0n) is 45.2. The third-order valence-electron chi connectivity index (χ3n) is 13.8. The fraction of sp³-hybridized carbons (Fsp3) is 0.934. The summed E-state index contributed by atoms with van der Waals surface area (Å²) in [4.78, 5) is 25.5. The predicted octanol–water partition coefficient (Wildman–Crippen LogP) is 20.6. The lowest BCUT2D eigenvalue weighted by Crippen LogP contribution is -2.30. The van der Waals surface area contributed by atoms with E-state index in [1.54, 1.807) is 0 Å². The van der Waals surface area contributed by atoms with Gasteiger partial charge in [0.1, 0.15) is 6.61 Å². The largest absolute Gasteiger partial charge is 0.462 e. The molecule has 0 radical (unpaired) electrons. The van der Waals surface area contributed by atoms with E-state index in [4.69, 9.17) is 14.2 Å². The van der Waals surface area contributed by atoms with Crippen molar-refractivity contribution in [3.8, 4) is 0 Å². The van der Waals surface area contributed by atoms with Crippen molar-refractivity contribution >= 4 is 11.9 Å². The van der Waals surface area contributed by atoms with E-state index >= 15 is 0 Å². The molecule has 0 N–H and O–H groups in total. The molecule has 5 heteroatoms. The molecule has 0 aromatic carbocycles. The highest BCUT2D eigenvalue weighted by Gasteiger charge is 2.18. The van der Waals surface area contributed by atoms with Crippen LogP contribution in [0.15, 0.2) is 12.2 Å². The van der Waals surface area contributed by atoms with Gasteiger partial charge in [-0.2, -0.15) is 0 Å². The van der Waals surface area contributed by atoms with E-state index in [0.717, 1.165) is 32.1 Å². The number of carbonyl (C=O) groups is 2. The van der Waals surface area contributed by atoms with E-state index in [-0.39, 0.29) is 18.5 Å². The Labute approximate surface area is 414 Å². The third-order valence-corrected chi connectivity index (χ3v) is 13.8. The van der Waals surface area contributed by atoms with Crippen LogP contribution in [0.25, 0.3) is 0 Å². The summed E-state index contributed by atoms with van der Waals surface area (Å²) in [5, 5.41) is 0. The van der Waals surface area contributed by atoms with Crippen molar-refractivity contribution in [3.63, 3.8) is 0 Å². The monoisotopic (exact) mass is 931 g/mol. The van der Waals surface area contributed by atoms with Crippen molar-refractivity contribution in [2.24, 2.45) is 0 Å². The van der Waals surface area contributed by atoms with Crippen LogP contribution >= 0.6 is 0 Å². The predicted molar refractivity (Wildman–Crippen MR) is 289 cm³/mol. The molecule has 0 unspecified atom stereocenters. The maximum atomic E-state index is 12.9. The molecule has 0 aromatic rings. The van der Waals surface area contributed by atoms with Crippen LogP contribution in [0.5, 0.6) is 0 Å². The molecule has 0 aromatic heterocycles. The van der Waals surface area contributed by atoms with Gasteiger partial charge in [-0.15, -0.1) is 0 Å². The fourth-order valence-electron chi connectivity index (χ4n) is 9.27. The van der Waals surface area contributed by atoms with Crippen molar-refractivity contribution in [1.29, 1.82) is 0 Å². The Morgan fingerprint density at radius 3 is 0.924 bits per heavy atom. The van der Waals surface area contributed by atoms with E-state index in [2.05, 4.69) is 32.9 Å². The number of allylic oxidation sites excluding steroid dienone is 2. The Morgan fingerprint density at radius 1 is 0.318 bits per heavy atom. The molecule has 66 heavy (non-hydrogen) atoms. The van der Waals surface area contributed by atoms with Gasteiger partial charge in [-0.3, -0.25) is 9.59 Å². The molecule has 0 aliphatic rings. The summed E-state index contributed by atoms with van der Waals surface area (Å²) in [7, 11) is 0. The summed E-state index contributed by atoms with van der Waals surface area (Å²) in [5.74, 6) is -0.371. The molecule has 0 aliphatic carbocycles. The van der Waals surface area contributed by atoms with Crippen LogP contribution in [-0.2, 0) is 23.8 Å². The lowest BCUT2D eigenvalue weighted by Gasteiger charge is -2.18. The minimum absolute atomic E-state index is 0.0945. The Balaban J connectivity index is 4.19. The third kappa shape index (κ3) is 55.2. The first-order valence-electron chi connectivity index (χ1n) is 30.2. The average molecular weight is 932 g/mol. The molecule has 5 nitrogen and oxygen atoms in total. The maximum absolute atomic E-state index is 12.9. The lowest BCUT2D eigenvalue weighted by molar-refractivity contribution is -0.163. The highest BCUT2D eigenvalue weighted by Crippen LogP contribution is 2.17. The first-order valence-corrected chi connectivity index (χ1v) is 30.2. The van der Waals surface area contributed by atoms with Crippen LogP contribution in [0.1, 0.15) is 342 Å². The number of hydrogen-bond acceptors (Lipinski definition) is 5. The Bertz CT molecular complexity index is 963. The van der Waals surface area contributed by atoms with Gasteiger partial charge in [0.05, 0.1) is 6.61 Å². The summed E-state index contributed by atoms with van der Waals surface area (Å²) in [6.07, 6.45) is 68.1. The van der Waals surface area contributed by atoms with Gasteiger partial charge < -0.3 is 14.2 Å². The second kappa shape index (κ2) is 58.0. The van der Waals surface area contributed by atoms with Crippen molar-refractivity contribution in [3.05, 3.63) is 12.2 Å². The molecular weight excluding hydrogens is 813 g/mol. The van der Waals surface area contributed by atoms with Crippen LogP contribution in [0.4, 0.5) is 0 Å². The topological polar surface area (TPSA) is 61.8 Å². The quantitative estimate of drug-likeness (QED) is 0.0345. The molecule has 0 rings (SSSR count). The Kier molecular flexibility index (Phi) is 56.8. The second-order valence-electron chi connectivity index (χ2n) is 20.6. The fourth-order valence-corrected chi connectivity index (χ4v) is 9.27. The Morgan fingerprint density at radius 2 is 0.591 bits per heavy atom. The van der Waals surface area contributed by atoms with Gasteiger partial charge in [0, 0.05) is 19.4 Å². The van der Waals surface area contributed by atoms with E-state index in [9.17, 15) is 9.59 Å². The number of ether oxygens (including phenoxy) is 3. The molecule has 0 spiro atoms. The molecule has 0 saturated heterocycles. The van der Waals surface area contributed by atoms with Crippen LogP contribution < -0.4 is 0 Å². The average Bonchev–Trinajstić information content (AvgIpc) is 3.32. The van der Waals surface area contributed by atoms with Crippen molar-refractivity contribution in [1.82, 2.24) is 0 Å². The summed E-state index contributed by atoms with van der Waals surface area (Å²) >= 11 is 0. The van der Waals surface area contributed by atoms with Crippen molar-refractivity contribution < 1.29 is 23.8 Å². The zero-order chi connectivity index (χ0) is 47.7. The van der Waals surface area contributed by atoms with E-state index in [1.807, 2.05) is 0 Å². The van der Waals surface area contributed by atoms with Crippen molar-refractivity contribution in [2.75, 3.05) is 19.8 Å². The molecule has 0 amide bonds. The summed E-state index contributed by atoms with van der Waals surface area (Å²) in [5.41, 5.74) is 0. The van der Waals surface area contributed by atoms with Crippen LogP contribution in [-0.4, -0.2) is 37.9 Å². The first kappa shape index (κ1) is 64.6. The molecule has 1 atom stereocenters.